The fraction of sp³-hybridized carbons (Fsp3) is 0.387. The predicted octanol–water partition coefficient (Wildman–Crippen LogP) is 4.63. The topological polar surface area (TPSA) is 98.9 Å². The Hall–Kier alpha value is -4.09. The van der Waals surface area contributed by atoms with Crippen LogP contribution in [0.5, 0.6) is 11.6 Å². The van der Waals surface area contributed by atoms with Crippen LogP contribution in [0.1, 0.15) is 39.8 Å². The first kappa shape index (κ1) is 26.8. The van der Waals surface area contributed by atoms with E-state index in [0.29, 0.717) is 48.0 Å². The number of methoxy groups -OCH3 is 1. The summed E-state index contributed by atoms with van der Waals surface area (Å²) in [6.07, 6.45) is 1.04. The molecule has 3 atom stereocenters. The van der Waals surface area contributed by atoms with E-state index in [2.05, 4.69) is 9.47 Å². The van der Waals surface area contributed by atoms with E-state index >= 15 is 0 Å². The summed E-state index contributed by atoms with van der Waals surface area (Å²) in [5.74, 6) is 0.694. The van der Waals surface area contributed by atoms with Crippen LogP contribution in [0.2, 0.25) is 0 Å². The first-order valence-electron chi connectivity index (χ1n) is 14.1. The maximum Gasteiger partial charge on any atom is 0.335 e. The second kappa shape index (κ2) is 10.6. The molecule has 2 aliphatic heterocycles. The molecule has 0 radical (unpaired) electrons. The third kappa shape index (κ3) is 4.96. The van der Waals surface area contributed by atoms with Gasteiger partial charge < -0.3 is 23.9 Å². The highest BCUT2D eigenvalue weighted by atomic mass is 19.1. The number of aromatic carboxylic acids is 1. The van der Waals surface area contributed by atoms with Crippen molar-refractivity contribution in [3.63, 3.8) is 0 Å². The Morgan fingerprint density at radius 3 is 2.62 bits per heavy atom. The lowest BCUT2D eigenvalue weighted by Gasteiger charge is -2.28. The van der Waals surface area contributed by atoms with Crippen LogP contribution in [-0.4, -0.2) is 63.4 Å². The van der Waals surface area contributed by atoms with Crippen molar-refractivity contribution in [2.75, 3.05) is 26.8 Å². The number of rotatable bonds is 10. The van der Waals surface area contributed by atoms with Gasteiger partial charge in [-0.3, -0.25) is 4.90 Å². The number of hydrogen-bond acceptors (Lipinski definition) is 7. The number of nitrogens with zero attached hydrogens (tertiary/aromatic N) is 4. The first-order valence-corrected chi connectivity index (χ1v) is 14.1. The summed E-state index contributed by atoms with van der Waals surface area (Å²) in [5.41, 5.74) is 2.78. The number of likely N-dealkylation sites (tertiary alicyclic amines) is 1. The van der Waals surface area contributed by atoms with Gasteiger partial charge in [-0.2, -0.15) is 0 Å². The quantitative estimate of drug-likeness (QED) is 0.292. The molecule has 7 rings (SSSR count). The van der Waals surface area contributed by atoms with E-state index in [0.717, 1.165) is 49.2 Å². The number of imidazole rings is 1. The molecule has 3 aliphatic rings. The molecular formula is C31H30F2N4O5. The van der Waals surface area contributed by atoms with Crippen molar-refractivity contribution >= 4 is 17.0 Å². The maximum absolute atomic E-state index is 14.0. The highest BCUT2D eigenvalue weighted by molar-refractivity contribution is 5.95. The van der Waals surface area contributed by atoms with Crippen molar-refractivity contribution in [3.05, 3.63) is 82.8 Å². The molecule has 1 aliphatic carbocycles. The third-order valence-electron chi connectivity index (χ3n) is 8.66. The minimum atomic E-state index is -1.01. The molecule has 11 heteroatoms. The van der Waals surface area contributed by atoms with E-state index in [1.54, 1.807) is 12.1 Å². The van der Waals surface area contributed by atoms with E-state index in [4.69, 9.17) is 24.2 Å². The van der Waals surface area contributed by atoms with Crippen LogP contribution < -0.4 is 9.47 Å². The van der Waals surface area contributed by atoms with Gasteiger partial charge in [0, 0.05) is 49.0 Å². The minimum Gasteiger partial charge on any atom is -0.494 e. The summed E-state index contributed by atoms with van der Waals surface area (Å²) in [6, 6.07) is 12.3. The average Bonchev–Trinajstić information content (AvgIpc) is 3.26. The largest absolute Gasteiger partial charge is 0.494 e. The smallest absolute Gasteiger partial charge is 0.335 e. The molecule has 9 nitrogen and oxygen atoms in total. The van der Waals surface area contributed by atoms with E-state index in [-0.39, 0.29) is 23.8 Å². The molecule has 1 saturated carbocycles. The molecule has 4 aromatic rings. The lowest BCUT2D eigenvalue weighted by atomic mass is 10.1. The van der Waals surface area contributed by atoms with Crippen LogP contribution >= 0.6 is 0 Å². The predicted molar refractivity (Wildman–Crippen MR) is 148 cm³/mol. The molecule has 3 fully saturated rings. The Balaban J connectivity index is 1.05. The summed E-state index contributed by atoms with van der Waals surface area (Å²) < 4.78 is 46.2. The molecule has 0 spiro atoms. The number of fused-ring (bicyclic) bond motifs is 2. The van der Waals surface area contributed by atoms with Gasteiger partial charge in [0.1, 0.15) is 35.3 Å². The van der Waals surface area contributed by atoms with Crippen molar-refractivity contribution in [1.29, 1.82) is 0 Å². The van der Waals surface area contributed by atoms with Gasteiger partial charge in [0.2, 0.25) is 5.88 Å². The van der Waals surface area contributed by atoms with Gasteiger partial charge in [-0.25, -0.2) is 23.5 Å². The second-order valence-corrected chi connectivity index (χ2v) is 11.2. The van der Waals surface area contributed by atoms with Crippen molar-refractivity contribution in [2.24, 2.45) is 11.8 Å². The maximum atomic E-state index is 14.0. The fourth-order valence-electron chi connectivity index (χ4n) is 6.34. The normalized spacial score (nSPS) is 23.0. The van der Waals surface area contributed by atoms with E-state index in [1.807, 2.05) is 12.1 Å². The van der Waals surface area contributed by atoms with Gasteiger partial charge in [0.15, 0.2) is 0 Å². The van der Waals surface area contributed by atoms with Crippen LogP contribution in [0.4, 0.5) is 8.78 Å². The number of carbonyl (C=O) groups is 1. The number of piperidine rings is 1. The Morgan fingerprint density at radius 1 is 1.12 bits per heavy atom. The number of hydrogen-bond donors (Lipinski definition) is 1. The molecule has 42 heavy (non-hydrogen) atoms. The Labute approximate surface area is 240 Å². The van der Waals surface area contributed by atoms with Gasteiger partial charge in [0.05, 0.1) is 37.4 Å². The summed E-state index contributed by atoms with van der Waals surface area (Å²) in [5, 5.41) is 9.64. The first-order chi connectivity index (χ1) is 20.4. The van der Waals surface area contributed by atoms with Crippen molar-refractivity contribution in [2.45, 2.75) is 38.1 Å². The van der Waals surface area contributed by atoms with E-state index in [1.165, 1.54) is 25.3 Å². The SMILES string of the molecule is COc1cc(C(=O)O)cc2c1nc(CN1CC3C(C1)C3c1cccc(OCc3ccc(F)cc3F)n1)n2C[C@@H]1CCO1. The lowest BCUT2D eigenvalue weighted by Crippen LogP contribution is -2.33. The van der Waals surface area contributed by atoms with Crippen molar-refractivity contribution < 1.29 is 32.9 Å². The van der Waals surface area contributed by atoms with Crippen LogP contribution in [0.25, 0.3) is 11.0 Å². The monoisotopic (exact) mass is 576 g/mol. The molecule has 2 saturated heterocycles. The highest BCUT2D eigenvalue weighted by Crippen LogP contribution is 2.58. The summed E-state index contributed by atoms with van der Waals surface area (Å²) in [4.78, 5) is 23.8. The molecule has 0 bridgehead atoms. The summed E-state index contributed by atoms with van der Waals surface area (Å²) in [7, 11) is 1.53. The highest BCUT2D eigenvalue weighted by Gasteiger charge is 2.57. The number of carboxylic acid groups (broad SMARTS) is 1. The molecule has 2 aromatic heterocycles. The standard InChI is InChI=1S/C31H30F2N4O5/c1-40-26-10-18(31(38)39)9-25-30(26)35-27(37(25)12-20-7-8-41-20)15-36-13-21-22(14-36)29(21)24-3-2-4-28(34-24)42-16-17-5-6-19(32)11-23(17)33/h2-6,9-11,20-22,29H,7-8,12-16H2,1H3,(H,38,39)/t20-,21?,22?,29?/m0/s1. The van der Waals surface area contributed by atoms with Gasteiger partial charge in [0.25, 0.3) is 0 Å². The van der Waals surface area contributed by atoms with E-state index < -0.39 is 17.6 Å². The number of halogens is 2. The van der Waals surface area contributed by atoms with Gasteiger partial charge in [-0.1, -0.05) is 6.07 Å². The molecular weight excluding hydrogens is 546 g/mol. The Kier molecular flexibility index (Phi) is 6.78. The molecule has 2 aromatic carbocycles. The second-order valence-electron chi connectivity index (χ2n) is 11.2. The molecule has 0 amide bonds. The number of aromatic nitrogens is 3. The van der Waals surface area contributed by atoms with Gasteiger partial charge >= 0.3 is 5.97 Å². The fourth-order valence-corrected chi connectivity index (χ4v) is 6.34. The molecule has 2 unspecified atom stereocenters. The zero-order valence-electron chi connectivity index (χ0n) is 23.0. The minimum absolute atomic E-state index is 0.0283. The number of carboxylic acids is 1. The lowest BCUT2D eigenvalue weighted by molar-refractivity contribution is -0.0591. The summed E-state index contributed by atoms with van der Waals surface area (Å²) in [6.45, 7) is 3.73. The van der Waals surface area contributed by atoms with E-state index in [9.17, 15) is 18.7 Å². The summed E-state index contributed by atoms with van der Waals surface area (Å²) >= 11 is 0. The van der Waals surface area contributed by atoms with Crippen LogP contribution in [0.3, 0.4) is 0 Å². The molecule has 4 heterocycles. The van der Waals surface area contributed by atoms with Crippen molar-refractivity contribution in [3.8, 4) is 11.6 Å². The molecule has 1 N–H and O–H groups in total. The van der Waals surface area contributed by atoms with Crippen LogP contribution in [0, 0.1) is 23.5 Å². The number of pyridine rings is 1. The molecule has 218 valence electrons. The third-order valence-corrected chi connectivity index (χ3v) is 8.66. The van der Waals surface area contributed by atoms with Gasteiger partial charge in [-0.15, -0.1) is 0 Å². The Morgan fingerprint density at radius 2 is 1.93 bits per heavy atom. The van der Waals surface area contributed by atoms with Crippen molar-refractivity contribution in [1.82, 2.24) is 19.4 Å². The zero-order valence-corrected chi connectivity index (χ0v) is 23.0. The number of benzene rings is 2. The zero-order chi connectivity index (χ0) is 29.0. The van der Waals surface area contributed by atoms with Crippen LogP contribution in [0.15, 0.2) is 48.5 Å². The average molecular weight is 577 g/mol. The van der Waals surface area contributed by atoms with Gasteiger partial charge in [-0.05, 0) is 48.6 Å². The number of ether oxygens (including phenoxy) is 3. The van der Waals surface area contributed by atoms with Crippen LogP contribution in [-0.2, 0) is 24.4 Å². The Bertz CT molecular complexity index is 1660.